The van der Waals surface area contributed by atoms with Crippen LogP contribution in [-0.2, 0) is 20.7 Å². The number of nitrogens with one attached hydrogen (secondary N) is 1. The van der Waals surface area contributed by atoms with Gasteiger partial charge >= 0.3 is 12.1 Å². The smallest absolute Gasteiger partial charge is 0.415 e. The van der Waals surface area contributed by atoms with Gasteiger partial charge in [0.15, 0.2) is 0 Å². The number of benzene rings is 1. The molecule has 0 heterocycles. The van der Waals surface area contributed by atoms with E-state index in [1.807, 2.05) is 13.0 Å². The summed E-state index contributed by atoms with van der Waals surface area (Å²) in [6.07, 6.45) is 0.779. The van der Waals surface area contributed by atoms with E-state index in [1.54, 1.807) is 32.9 Å². The number of carbonyl (C=O) groups is 3. The second kappa shape index (κ2) is 13.6. The van der Waals surface area contributed by atoms with Crippen LogP contribution in [0.2, 0.25) is 0 Å². The second-order valence-corrected chi connectivity index (χ2v) is 8.84. The second-order valence-electron chi connectivity index (χ2n) is 8.09. The Morgan fingerprint density at radius 1 is 1.23 bits per heavy atom. The van der Waals surface area contributed by atoms with Crippen LogP contribution < -0.4 is 9.96 Å². The summed E-state index contributed by atoms with van der Waals surface area (Å²) in [6, 6.07) is 5.00. The van der Waals surface area contributed by atoms with Gasteiger partial charge in [-0.3, -0.25) is 4.79 Å². The highest BCUT2D eigenvalue weighted by atomic mass is 35.5. The number of aryl methyl sites for hydroxylation is 1. The zero-order valence-electron chi connectivity index (χ0n) is 18.6. The van der Waals surface area contributed by atoms with Crippen molar-refractivity contribution in [3.63, 3.8) is 0 Å². The van der Waals surface area contributed by atoms with Crippen molar-refractivity contribution in [3.8, 4) is 5.75 Å². The van der Waals surface area contributed by atoms with E-state index in [1.165, 1.54) is 4.90 Å². The van der Waals surface area contributed by atoms with Gasteiger partial charge in [0, 0.05) is 30.9 Å². The molecule has 1 aromatic carbocycles. The number of rotatable bonds is 12. The molecule has 1 N–H and O–H groups in total. The van der Waals surface area contributed by atoms with Crippen LogP contribution in [0.15, 0.2) is 18.2 Å². The maximum atomic E-state index is 12.4. The molecule has 0 saturated heterocycles. The van der Waals surface area contributed by atoms with Crippen molar-refractivity contribution >= 4 is 48.9 Å². The number of halogens is 2. The predicted molar refractivity (Wildman–Crippen MR) is 125 cm³/mol. The van der Waals surface area contributed by atoms with Gasteiger partial charge in [-0.15, -0.1) is 23.2 Å². The molecule has 1 rings (SSSR count). The van der Waals surface area contributed by atoms with Crippen LogP contribution in [0.4, 0.5) is 4.79 Å². The van der Waals surface area contributed by atoms with Gasteiger partial charge in [-0.1, -0.05) is 6.07 Å². The molecule has 1 atom stereocenters. The largest absolute Gasteiger partial charge is 0.460 e. The zero-order valence-corrected chi connectivity index (χ0v) is 20.1. The summed E-state index contributed by atoms with van der Waals surface area (Å²) in [5.74, 6) is 0.583. The van der Waals surface area contributed by atoms with Crippen molar-refractivity contribution in [2.24, 2.45) is 0 Å². The lowest BCUT2D eigenvalue weighted by atomic mass is 9.91. The minimum absolute atomic E-state index is 0.105. The molecule has 10 heteroatoms. The molecule has 1 amide bonds. The topological polar surface area (TPSA) is 84.9 Å². The number of nitrogens with zero attached hydrogens (tertiary/aromatic N) is 1. The summed E-state index contributed by atoms with van der Waals surface area (Å²) in [7, 11) is 0.118. The maximum absolute atomic E-state index is 12.4. The van der Waals surface area contributed by atoms with E-state index in [4.69, 9.17) is 32.7 Å². The number of amides is 1. The number of alkyl halides is 2. The van der Waals surface area contributed by atoms with Crippen LogP contribution in [0.3, 0.4) is 0 Å². The fourth-order valence-electron chi connectivity index (χ4n) is 2.88. The minimum atomic E-state index is -0.589. The molecule has 7 nitrogen and oxygen atoms in total. The molecular formula is C21H31BCl2N2O5. The molecule has 31 heavy (non-hydrogen) atoms. The molecule has 0 radical (unpaired) electrons. The molecule has 0 aliphatic heterocycles. The first-order valence-corrected chi connectivity index (χ1v) is 11.2. The number of hydrogen-bond acceptors (Lipinski definition) is 6. The van der Waals surface area contributed by atoms with Crippen LogP contribution in [0.5, 0.6) is 5.75 Å². The molecule has 0 fully saturated rings. The first-order chi connectivity index (χ1) is 14.6. The van der Waals surface area contributed by atoms with Gasteiger partial charge in [-0.2, -0.15) is 0 Å². The molecule has 0 spiro atoms. The van der Waals surface area contributed by atoms with E-state index >= 15 is 0 Å². The van der Waals surface area contributed by atoms with Gasteiger partial charge in [0.1, 0.15) is 11.4 Å². The highest BCUT2D eigenvalue weighted by molar-refractivity contribution is 6.64. The molecular weight excluding hydrogens is 442 g/mol. The summed E-state index contributed by atoms with van der Waals surface area (Å²) in [6.45, 7) is 8.01. The first-order valence-electron chi connectivity index (χ1n) is 10.2. The van der Waals surface area contributed by atoms with Gasteiger partial charge in [-0.05, 0) is 57.4 Å². The first kappa shape index (κ1) is 27.3. The van der Waals surface area contributed by atoms with Crippen LogP contribution >= 0.6 is 23.2 Å². The SMILES string of the molecule is Cc1ccc(OC(=O)N(CCCl)CCCl)cc1C[C@@H](CC(=O)OC(C)(C)C)NBC=O. The number of esters is 1. The lowest BCUT2D eigenvalue weighted by molar-refractivity contribution is -0.155. The third kappa shape index (κ3) is 10.9. The third-order valence-electron chi connectivity index (χ3n) is 4.28. The standard InChI is InChI=1S/C21H31BCl2N2O5/c1-15-5-6-18(30-20(29)26(9-7-23)10-8-24)12-16(15)11-17(25-22-14-27)13-19(28)31-21(2,3)4/h5-6,12,14,17,22,25H,7-11,13H2,1-4H3/t17-/m0/s1. The van der Waals surface area contributed by atoms with E-state index in [2.05, 4.69) is 5.23 Å². The van der Waals surface area contributed by atoms with Crippen LogP contribution in [0.1, 0.15) is 38.3 Å². The van der Waals surface area contributed by atoms with Gasteiger partial charge in [0.25, 0.3) is 7.41 Å². The maximum Gasteiger partial charge on any atom is 0.415 e. The Labute approximate surface area is 195 Å². The Hall–Kier alpha value is -1.77. The molecule has 0 aliphatic carbocycles. The average Bonchev–Trinajstić information content (AvgIpc) is 2.67. The van der Waals surface area contributed by atoms with Crippen LogP contribution in [0.25, 0.3) is 0 Å². The molecule has 0 bridgehead atoms. The number of ether oxygens (including phenoxy) is 2. The quantitative estimate of drug-likeness (QED) is 0.218. The highest BCUT2D eigenvalue weighted by Gasteiger charge is 2.22. The minimum Gasteiger partial charge on any atom is -0.460 e. The highest BCUT2D eigenvalue weighted by Crippen LogP contribution is 2.21. The summed E-state index contributed by atoms with van der Waals surface area (Å²) in [4.78, 5) is 36.9. The summed E-state index contributed by atoms with van der Waals surface area (Å²) in [5.41, 5.74) is 1.27. The van der Waals surface area contributed by atoms with E-state index in [0.717, 1.165) is 17.3 Å². The normalized spacial score (nSPS) is 12.1. The van der Waals surface area contributed by atoms with Crippen molar-refractivity contribution < 1.29 is 23.9 Å². The zero-order chi connectivity index (χ0) is 23.4. The fraction of sp³-hybridized carbons (Fsp3) is 0.571. The molecule has 0 saturated carbocycles. The summed E-state index contributed by atoms with van der Waals surface area (Å²) in [5, 5.41) is 3.06. The van der Waals surface area contributed by atoms with E-state index in [-0.39, 0.29) is 37.6 Å². The van der Waals surface area contributed by atoms with Crippen LogP contribution in [0, 0.1) is 6.92 Å². The van der Waals surface area contributed by atoms with Gasteiger partial charge in [-0.25, -0.2) is 4.79 Å². The average molecular weight is 473 g/mol. The van der Waals surface area contributed by atoms with Gasteiger partial charge in [0.05, 0.1) is 12.6 Å². The Kier molecular flexibility index (Phi) is 12.0. The van der Waals surface area contributed by atoms with E-state index in [0.29, 0.717) is 25.3 Å². The number of hydrogen-bond donors (Lipinski definition) is 1. The Morgan fingerprint density at radius 3 is 2.42 bits per heavy atom. The van der Waals surface area contributed by atoms with Crippen LogP contribution in [-0.4, -0.2) is 67.1 Å². The molecule has 0 aromatic heterocycles. The lowest BCUT2D eigenvalue weighted by Gasteiger charge is -2.23. The monoisotopic (exact) mass is 472 g/mol. The van der Waals surface area contributed by atoms with E-state index in [9.17, 15) is 14.4 Å². The van der Waals surface area contributed by atoms with Crippen molar-refractivity contribution in [2.75, 3.05) is 24.8 Å². The molecule has 1 aromatic rings. The molecule has 172 valence electrons. The Bertz CT molecular complexity index is 737. The van der Waals surface area contributed by atoms with Gasteiger partial charge < -0.3 is 24.4 Å². The van der Waals surface area contributed by atoms with Crippen molar-refractivity contribution in [2.45, 2.75) is 52.2 Å². The van der Waals surface area contributed by atoms with Crippen molar-refractivity contribution in [3.05, 3.63) is 29.3 Å². The van der Waals surface area contributed by atoms with E-state index < -0.39 is 11.7 Å². The van der Waals surface area contributed by atoms with Gasteiger partial charge in [0.2, 0.25) is 0 Å². The van der Waals surface area contributed by atoms with Crippen molar-refractivity contribution in [1.29, 1.82) is 0 Å². The fourth-order valence-corrected chi connectivity index (χ4v) is 3.28. The third-order valence-corrected chi connectivity index (χ3v) is 4.62. The molecule has 0 aliphatic rings. The number of carbonyl (C=O) groups excluding carboxylic acids is 3. The summed E-state index contributed by atoms with van der Waals surface area (Å²) < 4.78 is 10.9. The molecule has 0 unspecified atom stereocenters. The van der Waals surface area contributed by atoms with Crippen molar-refractivity contribution in [1.82, 2.24) is 10.1 Å². The lowest BCUT2D eigenvalue weighted by Crippen LogP contribution is -2.38. The Morgan fingerprint density at radius 2 is 1.87 bits per heavy atom. The predicted octanol–water partition coefficient (Wildman–Crippen LogP) is 3.05. The summed E-state index contributed by atoms with van der Waals surface area (Å²) >= 11 is 11.5. The Balaban J connectivity index is 2.93.